The molecule has 3 rings (SSSR count). The number of rotatable bonds is 7. The molecule has 29 heavy (non-hydrogen) atoms. The van der Waals surface area contributed by atoms with Crippen LogP contribution in [0.4, 0.5) is 15.8 Å². The number of hydrogen-bond acceptors (Lipinski definition) is 6. The number of halogens is 3. The average molecular weight is 538 g/mol. The van der Waals surface area contributed by atoms with Gasteiger partial charge in [0.05, 0.1) is 23.5 Å². The number of hydrogen-bond donors (Lipinski definition) is 4. The predicted octanol–water partition coefficient (Wildman–Crippen LogP) is 1.95. The van der Waals surface area contributed by atoms with Gasteiger partial charge in [-0.1, -0.05) is 11.6 Å². The minimum atomic E-state index is -1.17. The van der Waals surface area contributed by atoms with Crippen molar-refractivity contribution in [2.75, 3.05) is 18.5 Å². The zero-order valence-electron chi connectivity index (χ0n) is 15.0. The van der Waals surface area contributed by atoms with Gasteiger partial charge in [-0.3, -0.25) is 14.4 Å². The van der Waals surface area contributed by atoms with Crippen LogP contribution in [0.1, 0.15) is 22.5 Å². The minimum Gasteiger partial charge on any atom is -0.394 e. The molecule has 1 aromatic heterocycles. The van der Waals surface area contributed by atoms with E-state index in [0.29, 0.717) is 28.7 Å². The molecule has 156 valence electrons. The summed E-state index contributed by atoms with van der Waals surface area (Å²) in [4.78, 5) is 30.3. The number of aromatic nitrogens is 1. The highest BCUT2D eigenvalue weighted by molar-refractivity contribution is 14.1. The molecule has 1 aromatic carbocycles. The second kappa shape index (κ2) is 9.39. The fourth-order valence-electron chi connectivity index (χ4n) is 3.03. The van der Waals surface area contributed by atoms with Gasteiger partial charge in [0.25, 0.3) is 11.5 Å². The van der Waals surface area contributed by atoms with Gasteiger partial charge >= 0.3 is 0 Å². The third kappa shape index (κ3) is 4.72. The third-order valence-corrected chi connectivity index (χ3v) is 5.40. The number of nitrogens with zero attached hydrogens (tertiary/aromatic N) is 1. The molecule has 4 N–H and O–H groups in total. The van der Waals surface area contributed by atoms with Gasteiger partial charge in [-0.25, -0.2) is 9.87 Å². The maximum Gasteiger partial charge on any atom is 0.278 e. The minimum absolute atomic E-state index is 0.0197. The van der Waals surface area contributed by atoms with E-state index in [1.165, 1.54) is 16.7 Å². The molecule has 0 bridgehead atoms. The third-order valence-electron chi connectivity index (χ3n) is 4.38. The number of amides is 1. The predicted molar refractivity (Wildman–Crippen MR) is 113 cm³/mol. The number of pyridine rings is 1. The number of hydroxylamine groups is 1. The smallest absolute Gasteiger partial charge is 0.278 e. The van der Waals surface area contributed by atoms with Crippen molar-refractivity contribution in [3.8, 4) is 0 Å². The number of benzene rings is 1. The van der Waals surface area contributed by atoms with Crippen molar-refractivity contribution in [2.45, 2.75) is 25.5 Å². The summed E-state index contributed by atoms with van der Waals surface area (Å²) in [6.07, 6.45) is -0.0586. The van der Waals surface area contributed by atoms with Gasteiger partial charge in [-0.2, -0.15) is 0 Å². The van der Waals surface area contributed by atoms with Crippen LogP contribution in [0.15, 0.2) is 23.0 Å². The second-order valence-electron chi connectivity index (χ2n) is 6.40. The number of aliphatic hydroxyl groups excluding tert-OH is 2. The molecule has 2 heterocycles. The number of nitrogens with one attached hydrogen (secondary N) is 2. The number of fused-ring (bicyclic) bond motifs is 1. The monoisotopic (exact) mass is 537 g/mol. The lowest BCUT2D eigenvalue weighted by molar-refractivity contribution is -0.0295. The summed E-state index contributed by atoms with van der Waals surface area (Å²) in [6.45, 7) is -0.452. The summed E-state index contributed by atoms with van der Waals surface area (Å²) in [6, 6.07) is 4.45. The fourth-order valence-corrected chi connectivity index (χ4v) is 3.73. The maximum absolute atomic E-state index is 14.3. The van der Waals surface area contributed by atoms with Crippen LogP contribution in [-0.4, -0.2) is 40.0 Å². The molecule has 1 amide bonds. The van der Waals surface area contributed by atoms with E-state index in [2.05, 4.69) is 10.8 Å². The van der Waals surface area contributed by atoms with E-state index in [4.69, 9.17) is 21.5 Å². The van der Waals surface area contributed by atoms with E-state index in [-0.39, 0.29) is 28.6 Å². The van der Waals surface area contributed by atoms with Crippen LogP contribution >= 0.6 is 34.2 Å². The molecule has 0 saturated heterocycles. The Hall–Kier alpha value is -1.73. The van der Waals surface area contributed by atoms with Crippen LogP contribution in [0.5, 0.6) is 0 Å². The normalized spacial score (nSPS) is 13.8. The Balaban J connectivity index is 2.01. The van der Waals surface area contributed by atoms with Crippen LogP contribution in [0, 0.1) is 9.39 Å². The largest absolute Gasteiger partial charge is 0.394 e. The van der Waals surface area contributed by atoms with Gasteiger partial charge in [-0.05, 0) is 53.6 Å². The van der Waals surface area contributed by atoms with Crippen LogP contribution < -0.4 is 16.4 Å². The molecule has 1 atom stereocenters. The SMILES string of the molecule is O=C(NOCC(O)CO)c1c(Nc2ccc(I)cc2F)c(Cl)c(=O)n2c1CCC2. The summed E-state index contributed by atoms with van der Waals surface area (Å²) in [5, 5.41) is 20.7. The molecule has 8 nitrogen and oxygen atoms in total. The lowest BCUT2D eigenvalue weighted by Crippen LogP contribution is -2.33. The van der Waals surface area contributed by atoms with E-state index in [0.717, 1.165) is 0 Å². The second-order valence-corrected chi connectivity index (χ2v) is 8.02. The Labute approximate surface area is 183 Å². The van der Waals surface area contributed by atoms with Gasteiger partial charge in [0.15, 0.2) is 0 Å². The molecule has 2 aromatic rings. The first-order valence-electron chi connectivity index (χ1n) is 8.71. The highest BCUT2D eigenvalue weighted by Crippen LogP contribution is 2.33. The fraction of sp³-hybridized carbons (Fsp3) is 0.333. The Kier molecular flexibility index (Phi) is 7.11. The molecule has 1 aliphatic heterocycles. The van der Waals surface area contributed by atoms with E-state index in [1.807, 2.05) is 22.6 Å². The van der Waals surface area contributed by atoms with Gasteiger partial charge in [0, 0.05) is 15.8 Å². The molecule has 1 aliphatic rings. The zero-order chi connectivity index (χ0) is 21.1. The summed E-state index contributed by atoms with van der Waals surface area (Å²) in [5.41, 5.74) is 2.25. The van der Waals surface area contributed by atoms with E-state index < -0.39 is 30.0 Å². The number of aliphatic hydroxyl groups is 2. The van der Waals surface area contributed by atoms with Crippen molar-refractivity contribution in [2.24, 2.45) is 0 Å². The molecular weight excluding hydrogens is 520 g/mol. The topological polar surface area (TPSA) is 113 Å². The molecule has 1 unspecified atom stereocenters. The van der Waals surface area contributed by atoms with Crippen molar-refractivity contribution < 1.29 is 24.2 Å². The Morgan fingerprint density at radius 1 is 1.45 bits per heavy atom. The van der Waals surface area contributed by atoms with Gasteiger partial charge < -0.3 is 20.1 Å². The van der Waals surface area contributed by atoms with Gasteiger partial charge in [0.1, 0.15) is 23.6 Å². The number of carbonyl (C=O) groups excluding carboxylic acids is 1. The van der Waals surface area contributed by atoms with Gasteiger partial charge in [-0.15, -0.1) is 0 Å². The maximum atomic E-state index is 14.3. The highest BCUT2D eigenvalue weighted by Gasteiger charge is 2.28. The Morgan fingerprint density at radius 2 is 2.21 bits per heavy atom. The van der Waals surface area contributed by atoms with Crippen LogP contribution in [0.25, 0.3) is 0 Å². The summed E-state index contributed by atoms with van der Waals surface area (Å²) >= 11 is 8.22. The first kappa shape index (κ1) is 22.0. The first-order valence-corrected chi connectivity index (χ1v) is 10.2. The van der Waals surface area contributed by atoms with Crippen LogP contribution in [0.2, 0.25) is 5.02 Å². The Bertz CT molecular complexity index is 1000. The highest BCUT2D eigenvalue weighted by atomic mass is 127. The van der Waals surface area contributed by atoms with E-state index in [9.17, 15) is 19.1 Å². The molecule has 0 spiro atoms. The summed E-state index contributed by atoms with van der Waals surface area (Å²) in [7, 11) is 0. The van der Waals surface area contributed by atoms with Crippen molar-refractivity contribution in [3.63, 3.8) is 0 Å². The summed E-state index contributed by atoms with van der Waals surface area (Å²) < 4.78 is 16.4. The molecule has 0 fully saturated rings. The van der Waals surface area contributed by atoms with Crippen LogP contribution in [0.3, 0.4) is 0 Å². The van der Waals surface area contributed by atoms with Crippen molar-refractivity contribution in [1.82, 2.24) is 10.0 Å². The van der Waals surface area contributed by atoms with Crippen LogP contribution in [-0.2, 0) is 17.8 Å². The lowest BCUT2D eigenvalue weighted by atomic mass is 10.1. The molecule has 0 saturated carbocycles. The first-order chi connectivity index (χ1) is 13.8. The number of carbonyl (C=O) groups is 1. The quantitative estimate of drug-likeness (QED) is 0.317. The molecule has 0 radical (unpaired) electrons. The van der Waals surface area contributed by atoms with Crippen molar-refractivity contribution in [3.05, 3.63) is 54.2 Å². The Morgan fingerprint density at radius 3 is 2.90 bits per heavy atom. The van der Waals surface area contributed by atoms with E-state index >= 15 is 0 Å². The standard InChI is InChI=1S/C18H18ClFIN3O5/c19-15-16(22-12-4-3-9(21)6-11(12)20)14(13-2-1-5-24(13)18(15)28)17(27)23-29-8-10(26)7-25/h3-4,6,10,22,25-26H,1-2,5,7-8H2,(H,23,27). The molecular formula is C18H18ClFIN3O5. The average Bonchev–Trinajstić information content (AvgIpc) is 3.17. The van der Waals surface area contributed by atoms with Crippen molar-refractivity contribution in [1.29, 1.82) is 0 Å². The van der Waals surface area contributed by atoms with Gasteiger partial charge in [0.2, 0.25) is 0 Å². The zero-order valence-corrected chi connectivity index (χ0v) is 18.0. The van der Waals surface area contributed by atoms with Crippen molar-refractivity contribution >= 4 is 51.5 Å². The lowest BCUT2D eigenvalue weighted by Gasteiger charge is -2.18. The van der Waals surface area contributed by atoms with E-state index in [1.54, 1.807) is 6.07 Å². The number of anilines is 2. The summed E-state index contributed by atoms with van der Waals surface area (Å²) in [5.74, 6) is -1.28. The molecule has 0 aliphatic carbocycles. The molecule has 11 heteroatoms.